The van der Waals surface area contributed by atoms with E-state index in [0.29, 0.717) is 40.6 Å². The monoisotopic (exact) mass is 406 g/mol. The molecule has 0 spiro atoms. The average molecular weight is 406 g/mol. The summed E-state index contributed by atoms with van der Waals surface area (Å²) in [6.45, 7) is 2.23. The number of aromatic nitrogens is 3. The highest BCUT2D eigenvalue weighted by Crippen LogP contribution is 2.30. The van der Waals surface area contributed by atoms with Crippen LogP contribution in [0.5, 0.6) is 5.75 Å². The van der Waals surface area contributed by atoms with Crippen molar-refractivity contribution >= 4 is 28.3 Å². The molecule has 154 valence electrons. The van der Waals surface area contributed by atoms with E-state index in [9.17, 15) is 9.59 Å². The van der Waals surface area contributed by atoms with Gasteiger partial charge < -0.3 is 19.8 Å². The zero-order chi connectivity index (χ0) is 21.3. The Bertz CT molecular complexity index is 1310. The molecule has 3 aromatic heterocycles. The topological polar surface area (TPSA) is 97.7 Å². The lowest BCUT2D eigenvalue weighted by Gasteiger charge is -2.09. The van der Waals surface area contributed by atoms with Gasteiger partial charge in [-0.3, -0.25) is 14.0 Å². The summed E-state index contributed by atoms with van der Waals surface area (Å²) in [5, 5.41) is 3.73. The first-order valence-corrected chi connectivity index (χ1v) is 9.49. The third-order valence-corrected chi connectivity index (χ3v) is 4.94. The fourth-order valence-electron chi connectivity index (χ4n) is 3.38. The van der Waals surface area contributed by atoms with Crippen molar-refractivity contribution in [2.24, 2.45) is 0 Å². The first kappa shape index (κ1) is 19.7. The minimum atomic E-state index is -0.302. The Labute approximate surface area is 172 Å². The maximum atomic E-state index is 12.9. The number of aryl methyl sites for hydroxylation is 1. The number of hydrogen-bond donors (Lipinski definition) is 2. The van der Waals surface area contributed by atoms with Gasteiger partial charge in [0, 0.05) is 19.4 Å². The van der Waals surface area contributed by atoms with Gasteiger partial charge in [0.15, 0.2) is 0 Å². The van der Waals surface area contributed by atoms with Crippen LogP contribution in [0.3, 0.4) is 0 Å². The van der Waals surface area contributed by atoms with Crippen LogP contribution in [0.1, 0.15) is 12.0 Å². The number of pyridine rings is 2. The Balaban J connectivity index is 1.90. The molecule has 4 rings (SSSR count). The maximum absolute atomic E-state index is 12.9. The normalized spacial score (nSPS) is 11.2. The molecule has 0 saturated carbocycles. The number of carbonyl (C=O) groups is 1. The molecule has 0 bridgehead atoms. The lowest BCUT2D eigenvalue weighted by Crippen LogP contribution is -2.17. The summed E-state index contributed by atoms with van der Waals surface area (Å²) in [7, 11) is 3.12. The van der Waals surface area contributed by atoms with E-state index in [2.05, 4.69) is 15.3 Å². The van der Waals surface area contributed by atoms with Crippen LogP contribution < -0.4 is 15.6 Å². The number of H-pyrrole nitrogens is 1. The van der Waals surface area contributed by atoms with E-state index in [-0.39, 0.29) is 17.9 Å². The van der Waals surface area contributed by atoms with Gasteiger partial charge in [-0.25, -0.2) is 4.98 Å². The summed E-state index contributed by atoms with van der Waals surface area (Å²) in [4.78, 5) is 32.9. The van der Waals surface area contributed by atoms with Crippen molar-refractivity contribution in [3.05, 3.63) is 58.5 Å². The Morgan fingerprint density at radius 3 is 2.83 bits per heavy atom. The first-order chi connectivity index (χ1) is 14.5. The number of ether oxygens (including phenoxy) is 2. The van der Waals surface area contributed by atoms with Gasteiger partial charge in [-0.05, 0) is 42.1 Å². The van der Waals surface area contributed by atoms with Crippen LogP contribution in [0.2, 0.25) is 0 Å². The molecule has 0 aliphatic carbocycles. The number of methoxy groups -OCH3 is 2. The smallest absolute Gasteiger partial charge is 0.258 e. The molecular weight excluding hydrogens is 384 g/mol. The van der Waals surface area contributed by atoms with Crippen molar-refractivity contribution in [3.8, 4) is 17.0 Å². The zero-order valence-electron chi connectivity index (χ0n) is 17.0. The van der Waals surface area contributed by atoms with E-state index in [1.165, 1.54) is 0 Å². The van der Waals surface area contributed by atoms with E-state index in [1.807, 2.05) is 37.4 Å². The fourth-order valence-corrected chi connectivity index (χ4v) is 3.38. The molecule has 0 aliphatic rings. The summed E-state index contributed by atoms with van der Waals surface area (Å²) >= 11 is 0. The number of imidazole rings is 1. The van der Waals surface area contributed by atoms with Crippen LogP contribution in [0.15, 0.2) is 47.4 Å². The molecule has 8 nitrogen and oxygen atoms in total. The molecule has 0 radical (unpaired) electrons. The molecule has 0 unspecified atom stereocenters. The van der Waals surface area contributed by atoms with Crippen molar-refractivity contribution in [1.29, 1.82) is 0 Å². The van der Waals surface area contributed by atoms with Gasteiger partial charge in [0.25, 0.3) is 5.56 Å². The Morgan fingerprint density at radius 2 is 2.07 bits per heavy atom. The Kier molecular flexibility index (Phi) is 5.24. The number of anilines is 1. The van der Waals surface area contributed by atoms with Crippen molar-refractivity contribution in [2.45, 2.75) is 13.3 Å². The van der Waals surface area contributed by atoms with E-state index in [4.69, 9.17) is 9.47 Å². The zero-order valence-corrected chi connectivity index (χ0v) is 17.0. The summed E-state index contributed by atoms with van der Waals surface area (Å²) in [6, 6.07) is 11.0. The molecule has 3 heterocycles. The maximum Gasteiger partial charge on any atom is 0.258 e. The molecular formula is C22H22N4O4. The third-order valence-electron chi connectivity index (χ3n) is 4.94. The molecule has 0 saturated heterocycles. The highest BCUT2D eigenvalue weighted by atomic mass is 16.5. The van der Waals surface area contributed by atoms with Crippen LogP contribution in [-0.4, -0.2) is 41.1 Å². The highest BCUT2D eigenvalue weighted by molar-refractivity contribution is 5.95. The lowest BCUT2D eigenvalue weighted by atomic mass is 10.1. The van der Waals surface area contributed by atoms with Crippen molar-refractivity contribution in [3.63, 3.8) is 0 Å². The molecule has 0 fully saturated rings. The quantitative estimate of drug-likeness (QED) is 0.513. The van der Waals surface area contributed by atoms with Gasteiger partial charge >= 0.3 is 0 Å². The molecule has 1 amide bonds. The van der Waals surface area contributed by atoms with Crippen molar-refractivity contribution in [2.75, 3.05) is 26.1 Å². The van der Waals surface area contributed by atoms with Gasteiger partial charge in [-0.15, -0.1) is 0 Å². The molecule has 1 aromatic carbocycles. The van der Waals surface area contributed by atoms with Crippen molar-refractivity contribution < 1.29 is 14.3 Å². The van der Waals surface area contributed by atoms with Crippen LogP contribution in [-0.2, 0) is 9.53 Å². The predicted octanol–water partition coefficient (Wildman–Crippen LogP) is 3.13. The van der Waals surface area contributed by atoms with Crippen LogP contribution >= 0.6 is 0 Å². The molecule has 2 N–H and O–H groups in total. The summed E-state index contributed by atoms with van der Waals surface area (Å²) in [5.41, 5.74) is 2.74. The minimum Gasteiger partial charge on any atom is -0.497 e. The highest BCUT2D eigenvalue weighted by Gasteiger charge is 2.20. The number of fused-ring (bicyclic) bond motifs is 2. The number of nitrogens with one attached hydrogen (secondary N) is 2. The first-order valence-electron chi connectivity index (χ1n) is 9.49. The van der Waals surface area contributed by atoms with Crippen LogP contribution in [0.25, 0.3) is 27.8 Å². The second-order valence-corrected chi connectivity index (χ2v) is 6.95. The Morgan fingerprint density at radius 1 is 1.23 bits per heavy atom. The lowest BCUT2D eigenvalue weighted by molar-refractivity contribution is -0.117. The molecule has 4 aromatic rings. The SMILES string of the molecule is COCCC(=O)Nc1c(-c2cc3ccc(OC)cc3[nH]c2=O)nc2c(C)cccn12. The molecule has 30 heavy (non-hydrogen) atoms. The van der Waals surface area contributed by atoms with Crippen molar-refractivity contribution in [1.82, 2.24) is 14.4 Å². The van der Waals surface area contributed by atoms with E-state index < -0.39 is 0 Å². The number of benzene rings is 1. The van der Waals surface area contributed by atoms with Crippen LogP contribution in [0, 0.1) is 6.92 Å². The largest absolute Gasteiger partial charge is 0.497 e. The number of hydrogen-bond acceptors (Lipinski definition) is 5. The summed E-state index contributed by atoms with van der Waals surface area (Å²) < 4.78 is 12.0. The van der Waals surface area contributed by atoms with E-state index in [1.54, 1.807) is 30.8 Å². The standard InChI is InChI=1S/C22H22N4O4/c1-13-5-4-9-26-20(13)25-19(21(26)24-18(27)8-10-29-2)16-11-14-6-7-15(30-3)12-17(14)23-22(16)28/h4-7,9,11-12H,8,10H2,1-3H3,(H,23,28)(H,24,27). The number of nitrogens with zero attached hydrogens (tertiary/aromatic N) is 2. The van der Waals surface area contributed by atoms with Gasteiger partial charge in [0.1, 0.15) is 22.9 Å². The number of aromatic amines is 1. The minimum absolute atomic E-state index is 0.197. The van der Waals surface area contributed by atoms with Gasteiger partial charge in [-0.1, -0.05) is 6.07 Å². The summed E-state index contributed by atoms with van der Waals surface area (Å²) in [6.07, 6.45) is 2.01. The number of amides is 1. The van der Waals surface area contributed by atoms with Gasteiger partial charge in [0.2, 0.25) is 5.91 Å². The molecule has 0 atom stereocenters. The van der Waals surface area contributed by atoms with Gasteiger partial charge in [0.05, 0.1) is 31.2 Å². The molecule has 8 heteroatoms. The second kappa shape index (κ2) is 8.00. The van der Waals surface area contributed by atoms with Crippen LogP contribution in [0.4, 0.5) is 5.82 Å². The Hall–Kier alpha value is -3.65. The second-order valence-electron chi connectivity index (χ2n) is 6.95. The van der Waals surface area contributed by atoms with E-state index in [0.717, 1.165) is 10.9 Å². The average Bonchev–Trinajstić information content (AvgIpc) is 3.10. The van der Waals surface area contributed by atoms with E-state index >= 15 is 0 Å². The summed E-state index contributed by atoms with van der Waals surface area (Å²) in [5.74, 6) is 0.886. The number of rotatable bonds is 6. The molecule has 0 aliphatic heterocycles. The fraction of sp³-hybridized carbons (Fsp3) is 0.227. The van der Waals surface area contributed by atoms with Gasteiger partial charge in [-0.2, -0.15) is 0 Å². The number of carbonyl (C=O) groups excluding carboxylic acids is 1. The predicted molar refractivity (Wildman–Crippen MR) is 115 cm³/mol. The third kappa shape index (κ3) is 3.53.